The van der Waals surface area contributed by atoms with Gasteiger partial charge >= 0.3 is 18.0 Å². The fraction of sp³-hybridized carbons (Fsp3) is 0.700. The number of methoxy groups -OCH3 is 1. The topological polar surface area (TPSA) is 122 Å². The van der Waals surface area contributed by atoms with Crippen molar-refractivity contribution in [3.63, 3.8) is 0 Å². The lowest BCUT2D eigenvalue weighted by atomic mass is 10.2. The number of esters is 1. The van der Waals surface area contributed by atoms with E-state index in [1.54, 1.807) is 6.92 Å². The molecule has 8 nitrogen and oxygen atoms in total. The SMILES string of the molecule is CCS(=O)CCNC(=O)N[C@@H](CC(=O)OC)C(=O)O. The maximum atomic E-state index is 11.4. The number of carboxylic acid groups (broad SMARTS) is 1. The van der Waals surface area contributed by atoms with E-state index in [0.717, 1.165) is 7.11 Å². The average molecular weight is 294 g/mol. The summed E-state index contributed by atoms with van der Waals surface area (Å²) in [5.74, 6) is -1.29. The van der Waals surface area contributed by atoms with Crippen LogP contribution >= 0.6 is 0 Å². The fourth-order valence-electron chi connectivity index (χ4n) is 1.08. The van der Waals surface area contributed by atoms with Crippen LogP contribution < -0.4 is 10.6 Å². The van der Waals surface area contributed by atoms with E-state index in [9.17, 15) is 18.6 Å². The third-order valence-electron chi connectivity index (χ3n) is 2.14. The van der Waals surface area contributed by atoms with Crippen molar-refractivity contribution in [2.45, 2.75) is 19.4 Å². The minimum absolute atomic E-state index is 0.164. The molecule has 2 atom stereocenters. The van der Waals surface area contributed by atoms with Crippen LogP contribution in [-0.2, 0) is 25.1 Å². The largest absolute Gasteiger partial charge is 0.480 e. The van der Waals surface area contributed by atoms with E-state index in [-0.39, 0.29) is 6.54 Å². The molecule has 0 aliphatic carbocycles. The number of nitrogens with one attached hydrogen (secondary N) is 2. The highest BCUT2D eigenvalue weighted by atomic mass is 32.2. The second kappa shape index (κ2) is 9.31. The minimum Gasteiger partial charge on any atom is -0.480 e. The van der Waals surface area contributed by atoms with Gasteiger partial charge in [-0.15, -0.1) is 0 Å². The number of carbonyl (C=O) groups is 3. The molecule has 3 N–H and O–H groups in total. The lowest BCUT2D eigenvalue weighted by Gasteiger charge is -2.13. The Morgan fingerprint density at radius 3 is 2.47 bits per heavy atom. The number of hydrogen-bond donors (Lipinski definition) is 3. The summed E-state index contributed by atoms with van der Waals surface area (Å²) < 4.78 is 15.4. The zero-order valence-electron chi connectivity index (χ0n) is 10.8. The van der Waals surface area contributed by atoms with Gasteiger partial charge in [0.25, 0.3) is 0 Å². The Hall–Kier alpha value is -1.64. The molecule has 1 unspecified atom stereocenters. The van der Waals surface area contributed by atoms with Crippen molar-refractivity contribution in [3.8, 4) is 0 Å². The molecule has 0 fully saturated rings. The molecular formula is C10H18N2O6S. The fourth-order valence-corrected chi connectivity index (χ4v) is 1.70. The normalized spacial score (nSPS) is 13.2. The molecule has 110 valence electrons. The molecule has 0 radical (unpaired) electrons. The molecule has 9 heteroatoms. The van der Waals surface area contributed by atoms with E-state index in [4.69, 9.17) is 5.11 Å². The van der Waals surface area contributed by atoms with Crippen LogP contribution in [0.25, 0.3) is 0 Å². The van der Waals surface area contributed by atoms with Gasteiger partial charge < -0.3 is 20.5 Å². The highest BCUT2D eigenvalue weighted by molar-refractivity contribution is 7.84. The Bertz CT molecular complexity index is 360. The van der Waals surface area contributed by atoms with Crippen molar-refractivity contribution in [3.05, 3.63) is 0 Å². The van der Waals surface area contributed by atoms with Crippen LogP contribution in [0, 0.1) is 0 Å². The summed E-state index contributed by atoms with van der Waals surface area (Å²) in [6, 6.07) is -2.09. The Morgan fingerprint density at radius 1 is 1.37 bits per heavy atom. The summed E-state index contributed by atoms with van der Waals surface area (Å²) in [6.45, 7) is 1.92. The van der Waals surface area contributed by atoms with Crippen LogP contribution in [0.2, 0.25) is 0 Å². The van der Waals surface area contributed by atoms with E-state index in [0.29, 0.717) is 11.5 Å². The van der Waals surface area contributed by atoms with Gasteiger partial charge in [0.2, 0.25) is 0 Å². The first-order valence-electron chi connectivity index (χ1n) is 5.59. The van der Waals surface area contributed by atoms with Crippen LogP contribution in [0.15, 0.2) is 0 Å². The van der Waals surface area contributed by atoms with Crippen molar-refractivity contribution in [1.29, 1.82) is 0 Å². The highest BCUT2D eigenvalue weighted by Gasteiger charge is 2.23. The molecule has 0 saturated carbocycles. The lowest BCUT2D eigenvalue weighted by molar-refractivity contribution is -0.147. The van der Waals surface area contributed by atoms with E-state index in [2.05, 4.69) is 15.4 Å². The Morgan fingerprint density at radius 2 is 2.00 bits per heavy atom. The first-order valence-corrected chi connectivity index (χ1v) is 7.08. The molecular weight excluding hydrogens is 276 g/mol. The van der Waals surface area contributed by atoms with Gasteiger partial charge in [0.15, 0.2) is 0 Å². The Balaban J connectivity index is 4.14. The van der Waals surface area contributed by atoms with Gasteiger partial charge in [0, 0.05) is 28.9 Å². The van der Waals surface area contributed by atoms with Gasteiger partial charge in [-0.2, -0.15) is 0 Å². The van der Waals surface area contributed by atoms with Crippen molar-refractivity contribution in [2.24, 2.45) is 0 Å². The van der Waals surface area contributed by atoms with Crippen LogP contribution in [-0.4, -0.2) is 58.5 Å². The standard InChI is InChI=1S/C10H18N2O6S/c1-3-19(17)5-4-11-10(16)12-7(9(14)15)6-8(13)18-2/h7H,3-6H2,1-2H3,(H,14,15)(H2,11,12,16)/t7-,19?/m0/s1. The first-order chi connectivity index (χ1) is 8.90. The third-order valence-corrected chi connectivity index (χ3v) is 3.44. The molecule has 0 aliphatic rings. The highest BCUT2D eigenvalue weighted by Crippen LogP contribution is 1.95. The molecule has 19 heavy (non-hydrogen) atoms. The monoisotopic (exact) mass is 294 g/mol. The predicted octanol–water partition coefficient (Wildman–Crippen LogP) is -0.929. The van der Waals surface area contributed by atoms with Gasteiger partial charge in [0.1, 0.15) is 6.04 Å². The second-order valence-electron chi connectivity index (χ2n) is 3.50. The summed E-state index contributed by atoms with van der Waals surface area (Å²) in [6.07, 6.45) is -0.458. The maximum Gasteiger partial charge on any atom is 0.326 e. The zero-order chi connectivity index (χ0) is 14.8. The van der Waals surface area contributed by atoms with Crippen LogP contribution in [0.5, 0.6) is 0 Å². The van der Waals surface area contributed by atoms with Gasteiger partial charge in [0.05, 0.1) is 13.5 Å². The van der Waals surface area contributed by atoms with E-state index in [1.807, 2.05) is 0 Å². The van der Waals surface area contributed by atoms with Crippen LogP contribution in [0.1, 0.15) is 13.3 Å². The summed E-state index contributed by atoms with van der Waals surface area (Å²) in [7, 11) is 0.118. The molecule has 0 aromatic heterocycles. The third kappa shape index (κ3) is 8.14. The van der Waals surface area contributed by atoms with Gasteiger partial charge in [-0.05, 0) is 0 Å². The first kappa shape index (κ1) is 17.4. The van der Waals surface area contributed by atoms with Crippen molar-refractivity contribution < 1.29 is 28.4 Å². The summed E-state index contributed by atoms with van der Waals surface area (Å²) in [5, 5.41) is 13.3. The predicted molar refractivity (Wildman–Crippen MR) is 68.1 cm³/mol. The molecule has 2 amide bonds. The summed E-state index contributed by atoms with van der Waals surface area (Å²) in [5.41, 5.74) is 0. The number of carbonyl (C=O) groups excluding carboxylic acids is 2. The lowest BCUT2D eigenvalue weighted by Crippen LogP contribution is -2.47. The number of ether oxygens (including phenoxy) is 1. The Kier molecular flexibility index (Phi) is 8.51. The van der Waals surface area contributed by atoms with Crippen LogP contribution in [0.3, 0.4) is 0 Å². The average Bonchev–Trinajstić information content (AvgIpc) is 2.37. The van der Waals surface area contributed by atoms with Gasteiger partial charge in [-0.25, -0.2) is 9.59 Å². The molecule has 0 aliphatic heterocycles. The second-order valence-corrected chi connectivity index (χ2v) is 5.37. The van der Waals surface area contributed by atoms with Gasteiger partial charge in [-0.3, -0.25) is 9.00 Å². The quantitative estimate of drug-likeness (QED) is 0.497. The zero-order valence-corrected chi connectivity index (χ0v) is 11.6. The van der Waals surface area contributed by atoms with Crippen molar-refractivity contribution in [2.75, 3.05) is 25.2 Å². The smallest absolute Gasteiger partial charge is 0.326 e. The molecule has 0 saturated heterocycles. The minimum atomic E-state index is -1.36. The number of amides is 2. The molecule has 0 heterocycles. The number of rotatable bonds is 8. The van der Waals surface area contributed by atoms with Gasteiger partial charge in [-0.1, -0.05) is 6.92 Å². The molecule has 0 bridgehead atoms. The molecule has 0 rings (SSSR count). The molecule has 0 aromatic rings. The number of aliphatic carboxylic acids is 1. The molecule has 0 aromatic carbocycles. The van der Waals surface area contributed by atoms with E-state index >= 15 is 0 Å². The summed E-state index contributed by atoms with van der Waals surface area (Å²) >= 11 is 0. The Labute approximate surface area is 113 Å². The molecule has 0 spiro atoms. The number of hydrogen-bond acceptors (Lipinski definition) is 5. The van der Waals surface area contributed by atoms with E-state index in [1.165, 1.54) is 0 Å². The van der Waals surface area contributed by atoms with Crippen LogP contribution in [0.4, 0.5) is 4.79 Å². The summed E-state index contributed by atoms with van der Waals surface area (Å²) in [4.78, 5) is 33.1. The van der Waals surface area contributed by atoms with E-state index < -0.39 is 41.2 Å². The van der Waals surface area contributed by atoms with Crippen molar-refractivity contribution >= 4 is 28.8 Å². The number of carboxylic acids is 1. The number of urea groups is 1. The maximum absolute atomic E-state index is 11.4. The van der Waals surface area contributed by atoms with Crippen molar-refractivity contribution in [1.82, 2.24) is 10.6 Å².